The van der Waals surface area contributed by atoms with Gasteiger partial charge in [-0.05, 0) is 36.5 Å². The van der Waals surface area contributed by atoms with Crippen LogP contribution in [0.3, 0.4) is 0 Å². The Kier molecular flexibility index (Phi) is 4.50. The van der Waals surface area contributed by atoms with Crippen molar-refractivity contribution in [1.29, 1.82) is 0 Å². The summed E-state index contributed by atoms with van der Waals surface area (Å²) in [6.45, 7) is 8.65. The topological polar surface area (TPSA) is 24.4 Å². The first-order valence-corrected chi connectivity index (χ1v) is 7.65. The van der Waals surface area contributed by atoms with E-state index in [1.807, 2.05) is 12.1 Å². The van der Waals surface area contributed by atoms with Gasteiger partial charge in [-0.3, -0.25) is 4.99 Å². The van der Waals surface area contributed by atoms with E-state index in [9.17, 15) is 4.39 Å². The van der Waals surface area contributed by atoms with Gasteiger partial charge >= 0.3 is 0 Å². The third kappa shape index (κ3) is 3.50. The fraction of sp³-hybridized carbons (Fsp3) is 0.533. The van der Waals surface area contributed by atoms with E-state index in [4.69, 9.17) is 0 Å². The summed E-state index contributed by atoms with van der Waals surface area (Å²) in [6.07, 6.45) is 0. The maximum Gasteiger partial charge on any atom is 0.157 e. The summed E-state index contributed by atoms with van der Waals surface area (Å²) >= 11 is 1.77. The molecule has 0 spiro atoms. The lowest BCUT2D eigenvalue weighted by Crippen LogP contribution is -2.31. The fourth-order valence-electron chi connectivity index (χ4n) is 2.15. The number of aliphatic imine (C=N–C) groups is 1. The van der Waals surface area contributed by atoms with Crippen LogP contribution in [-0.2, 0) is 6.54 Å². The van der Waals surface area contributed by atoms with E-state index in [2.05, 4.69) is 24.2 Å². The van der Waals surface area contributed by atoms with Gasteiger partial charge in [-0.25, -0.2) is 4.39 Å². The summed E-state index contributed by atoms with van der Waals surface area (Å²) < 4.78 is 13.5. The third-order valence-electron chi connectivity index (χ3n) is 3.41. The molecule has 1 aliphatic rings. The van der Waals surface area contributed by atoms with Crippen LogP contribution in [0.15, 0.2) is 17.1 Å². The van der Waals surface area contributed by atoms with Gasteiger partial charge in [0.15, 0.2) is 5.17 Å². The van der Waals surface area contributed by atoms with E-state index in [0.29, 0.717) is 29.6 Å². The molecule has 1 aromatic rings. The lowest BCUT2D eigenvalue weighted by atomic mass is 10.1. The summed E-state index contributed by atoms with van der Waals surface area (Å²) in [5.41, 5.74) is 2.46. The van der Waals surface area contributed by atoms with Crippen molar-refractivity contribution in [3.05, 3.63) is 34.6 Å². The molecule has 1 N–H and O–H groups in total. The Hall–Kier alpha value is -1.03. The summed E-state index contributed by atoms with van der Waals surface area (Å²) in [4.78, 5) is 4.58. The van der Waals surface area contributed by atoms with E-state index < -0.39 is 0 Å². The van der Waals surface area contributed by atoms with E-state index in [-0.39, 0.29) is 5.82 Å². The molecule has 2 rings (SSSR count). The molecule has 19 heavy (non-hydrogen) atoms. The van der Waals surface area contributed by atoms with Crippen LogP contribution < -0.4 is 5.32 Å². The highest BCUT2D eigenvalue weighted by molar-refractivity contribution is 8.14. The molecule has 0 bridgehead atoms. The predicted molar refractivity (Wildman–Crippen MR) is 81.2 cm³/mol. The summed E-state index contributed by atoms with van der Waals surface area (Å²) in [5, 5.41) is 4.45. The lowest BCUT2D eigenvalue weighted by Gasteiger charge is -2.13. The highest BCUT2D eigenvalue weighted by Gasteiger charge is 2.22. The Morgan fingerprint density at radius 3 is 2.53 bits per heavy atom. The molecule has 0 aliphatic carbocycles. The summed E-state index contributed by atoms with van der Waals surface area (Å²) in [5.74, 6) is 1.60. The summed E-state index contributed by atoms with van der Waals surface area (Å²) in [6, 6.07) is 4.28. The van der Waals surface area contributed by atoms with E-state index in [1.165, 1.54) is 0 Å². The standard InChI is InChI=1S/C15H21FN2S/c1-9(2)13-8-19-15(18-13)17-7-12-5-10(3)14(16)11(4)6-12/h5-6,9,13H,7-8H2,1-4H3,(H,17,18)/t13-/m1/s1. The Labute approximate surface area is 118 Å². The van der Waals surface area contributed by atoms with Crippen molar-refractivity contribution < 1.29 is 4.39 Å². The van der Waals surface area contributed by atoms with Crippen LogP contribution in [0.1, 0.15) is 30.5 Å². The van der Waals surface area contributed by atoms with Crippen molar-refractivity contribution in [3.63, 3.8) is 0 Å². The van der Waals surface area contributed by atoms with Gasteiger partial charge in [0.1, 0.15) is 5.82 Å². The Morgan fingerprint density at radius 2 is 2.00 bits per heavy atom. The first kappa shape index (κ1) is 14.4. The van der Waals surface area contributed by atoms with E-state index in [0.717, 1.165) is 16.5 Å². The molecule has 104 valence electrons. The Bertz CT molecular complexity index is 474. The van der Waals surface area contributed by atoms with Crippen molar-refractivity contribution in [2.75, 3.05) is 5.75 Å². The number of thioether (sulfide) groups is 1. The lowest BCUT2D eigenvalue weighted by molar-refractivity contribution is 0.503. The van der Waals surface area contributed by atoms with E-state index >= 15 is 0 Å². The SMILES string of the molecule is Cc1cc(CN=C2N[C@@H](C(C)C)CS2)cc(C)c1F. The second-order valence-corrected chi connectivity index (χ2v) is 6.48. The van der Waals surface area contributed by atoms with Gasteiger partial charge in [-0.2, -0.15) is 0 Å². The monoisotopic (exact) mass is 280 g/mol. The quantitative estimate of drug-likeness (QED) is 0.913. The number of nitrogens with zero attached hydrogens (tertiary/aromatic N) is 1. The number of benzene rings is 1. The number of halogens is 1. The zero-order chi connectivity index (χ0) is 14.0. The molecule has 1 aromatic carbocycles. The molecule has 1 fully saturated rings. The first-order chi connectivity index (χ1) is 8.97. The van der Waals surface area contributed by atoms with Crippen molar-refractivity contribution >= 4 is 16.9 Å². The van der Waals surface area contributed by atoms with Gasteiger partial charge in [0, 0.05) is 11.8 Å². The maximum absolute atomic E-state index is 13.5. The minimum absolute atomic E-state index is 0.107. The van der Waals surface area contributed by atoms with Gasteiger partial charge < -0.3 is 5.32 Å². The van der Waals surface area contributed by atoms with Gasteiger partial charge in [-0.15, -0.1) is 0 Å². The normalized spacial score (nSPS) is 21.2. The van der Waals surface area contributed by atoms with Crippen LogP contribution in [0, 0.1) is 25.6 Å². The van der Waals surface area contributed by atoms with Crippen LogP contribution >= 0.6 is 11.8 Å². The third-order valence-corrected chi connectivity index (χ3v) is 4.46. The molecule has 0 aromatic heterocycles. The molecule has 0 saturated carbocycles. The average Bonchev–Trinajstić information content (AvgIpc) is 2.82. The van der Waals surface area contributed by atoms with Gasteiger partial charge in [0.2, 0.25) is 0 Å². The van der Waals surface area contributed by atoms with Gasteiger partial charge in [-0.1, -0.05) is 37.7 Å². The smallest absolute Gasteiger partial charge is 0.157 e. The largest absolute Gasteiger partial charge is 0.361 e. The first-order valence-electron chi connectivity index (χ1n) is 6.66. The highest BCUT2D eigenvalue weighted by Crippen LogP contribution is 2.20. The Balaban J connectivity index is 2.03. The van der Waals surface area contributed by atoms with Gasteiger partial charge in [0.25, 0.3) is 0 Å². The number of hydrogen-bond donors (Lipinski definition) is 1. The second kappa shape index (κ2) is 5.95. The van der Waals surface area contributed by atoms with Crippen LogP contribution in [-0.4, -0.2) is 17.0 Å². The molecular weight excluding hydrogens is 259 g/mol. The van der Waals surface area contributed by atoms with Crippen LogP contribution in [0.5, 0.6) is 0 Å². The average molecular weight is 280 g/mol. The van der Waals surface area contributed by atoms with Crippen molar-refractivity contribution in [2.45, 2.75) is 40.3 Å². The number of hydrogen-bond acceptors (Lipinski definition) is 2. The number of amidine groups is 1. The highest BCUT2D eigenvalue weighted by atomic mass is 32.2. The minimum atomic E-state index is -0.107. The fourth-order valence-corrected chi connectivity index (χ4v) is 3.35. The molecule has 1 saturated heterocycles. The second-order valence-electron chi connectivity index (χ2n) is 5.47. The summed E-state index contributed by atoms with van der Waals surface area (Å²) in [7, 11) is 0. The maximum atomic E-state index is 13.5. The number of aryl methyl sites for hydroxylation is 2. The van der Waals surface area contributed by atoms with Gasteiger partial charge in [0.05, 0.1) is 6.54 Å². The zero-order valence-electron chi connectivity index (χ0n) is 12.0. The number of rotatable bonds is 3. The van der Waals surface area contributed by atoms with E-state index in [1.54, 1.807) is 25.6 Å². The van der Waals surface area contributed by atoms with Crippen LogP contribution in [0.2, 0.25) is 0 Å². The molecule has 1 heterocycles. The molecule has 1 aliphatic heterocycles. The zero-order valence-corrected chi connectivity index (χ0v) is 12.8. The van der Waals surface area contributed by atoms with Crippen molar-refractivity contribution in [2.24, 2.45) is 10.9 Å². The molecule has 1 atom stereocenters. The molecule has 0 unspecified atom stereocenters. The molecule has 4 heteroatoms. The Morgan fingerprint density at radius 1 is 1.37 bits per heavy atom. The van der Waals surface area contributed by atoms with Crippen molar-refractivity contribution in [1.82, 2.24) is 5.32 Å². The van der Waals surface area contributed by atoms with Crippen LogP contribution in [0.4, 0.5) is 4.39 Å². The molecular formula is C15H21FN2S. The molecule has 0 amide bonds. The molecule has 2 nitrogen and oxygen atoms in total. The van der Waals surface area contributed by atoms with Crippen LogP contribution in [0.25, 0.3) is 0 Å². The minimum Gasteiger partial charge on any atom is -0.361 e. The molecule has 0 radical (unpaired) electrons. The number of nitrogens with one attached hydrogen (secondary N) is 1. The van der Waals surface area contributed by atoms with Crippen molar-refractivity contribution in [3.8, 4) is 0 Å². The predicted octanol–water partition coefficient (Wildman–Crippen LogP) is 3.66.